The van der Waals surface area contributed by atoms with Crippen LogP contribution in [0.3, 0.4) is 0 Å². The smallest absolute Gasteiger partial charge is 0.269 e. The highest BCUT2D eigenvalue weighted by Crippen LogP contribution is 2.16. The molecule has 0 spiro atoms. The van der Waals surface area contributed by atoms with E-state index in [2.05, 4.69) is 15.3 Å². The Morgan fingerprint density at radius 3 is 2.60 bits per heavy atom. The van der Waals surface area contributed by atoms with Gasteiger partial charge in [-0.25, -0.2) is 4.98 Å². The number of nitro benzene ring substituents is 1. The molecule has 6 nitrogen and oxygen atoms in total. The highest BCUT2D eigenvalue weighted by Gasteiger charge is 2.05. The van der Waals surface area contributed by atoms with Crippen LogP contribution in [0.25, 0.3) is 11.0 Å². The van der Waals surface area contributed by atoms with Crippen LogP contribution in [0.15, 0.2) is 48.5 Å². The van der Waals surface area contributed by atoms with Crippen LogP contribution in [-0.2, 0) is 6.54 Å². The standard InChI is InChI=1S/C14H12N4O2/c19-18(20)11-7-5-10(6-8-11)15-9-14-16-12-3-1-2-4-13(12)17-14/h1-8,15H,9H2,(H,16,17). The summed E-state index contributed by atoms with van der Waals surface area (Å²) in [5, 5.41) is 13.7. The van der Waals surface area contributed by atoms with Gasteiger partial charge in [0.15, 0.2) is 0 Å². The molecule has 0 amide bonds. The zero-order chi connectivity index (χ0) is 13.9. The molecule has 0 unspecified atom stereocenters. The van der Waals surface area contributed by atoms with Gasteiger partial charge in [0.05, 0.1) is 22.5 Å². The van der Waals surface area contributed by atoms with Crippen molar-refractivity contribution in [3.8, 4) is 0 Å². The van der Waals surface area contributed by atoms with Gasteiger partial charge in [-0.2, -0.15) is 0 Å². The van der Waals surface area contributed by atoms with E-state index in [1.807, 2.05) is 24.3 Å². The van der Waals surface area contributed by atoms with E-state index >= 15 is 0 Å². The molecule has 0 aliphatic heterocycles. The molecule has 20 heavy (non-hydrogen) atoms. The van der Waals surface area contributed by atoms with Crippen LogP contribution in [0.1, 0.15) is 5.82 Å². The fourth-order valence-electron chi connectivity index (χ4n) is 1.98. The molecule has 1 aromatic heterocycles. The molecule has 3 rings (SSSR count). The van der Waals surface area contributed by atoms with E-state index in [1.165, 1.54) is 12.1 Å². The minimum atomic E-state index is -0.414. The van der Waals surface area contributed by atoms with Crippen molar-refractivity contribution in [3.63, 3.8) is 0 Å². The first-order valence-electron chi connectivity index (χ1n) is 6.14. The lowest BCUT2D eigenvalue weighted by molar-refractivity contribution is -0.384. The lowest BCUT2D eigenvalue weighted by Gasteiger charge is -2.03. The van der Waals surface area contributed by atoms with Gasteiger partial charge in [0.2, 0.25) is 0 Å². The minimum Gasteiger partial charge on any atom is -0.378 e. The second-order valence-corrected chi connectivity index (χ2v) is 4.36. The quantitative estimate of drug-likeness (QED) is 0.562. The highest BCUT2D eigenvalue weighted by atomic mass is 16.6. The molecule has 0 fully saturated rings. The third kappa shape index (κ3) is 2.44. The lowest BCUT2D eigenvalue weighted by Crippen LogP contribution is -2.01. The van der Waals surface area contributed by atoms with E-state index in [0.29, 0.717) is 6.54 Å². The molecule has 1 heterocycles. The van der Waals surface area contributed by atoms with Crippen molar-refractivity contribution in [2.45, 2.75) is 6.54 Å². The molecular weight excluding hydrogens is 256 g/mol. The van der Waals surface area contributed by atoms with Gasteiger partial charge in [0.25, 0.3) is 5.69 Å². The summed E-state index contributed by atoms with van der Waals surface area (Å²) in [7, 11) is 0. The van der Waals surface area contributed by atoms with Crippen LogP contribution >= 0.6 is 0 Å². The van der Waals surface area contributed by atoms with Gasteiger partial charge in [-0.05, 0) is 24.3 Å². The number of non-ortho nitro benzene ring substituents is 1. The predicted octanol–water partition coefficient (Wildman–Crippen LogP) is 3.08. The molecule has 0 aliphatic rings. The minimum absolute atomic E-state index is 0.0827. The maximum absolute atomic E-state index is 10.6. The molecule has 0 atom stereocenters. The van der Waals surface area contributed by atoms with Crippen molar-refractivity contribution in [1.82, 2.24) is 9.97 Å². The third-order valence-corrected chi connectivity index (χ3v) is 2.98. The molecule has 2 N–H and O–H groups in total. The summed E-state index contributed by atoms with van der Waals surface area (Å²) < 4.78 is 0. The van der Waals surface area contributed by atoms with Crippen LogP contribution in [0.2, 0.25) is 0 Å². The SMILES string of the molecule is O=[N+]([O-])c1ccc(NCc2nc3ccccc3[nH]2)cc1. The van der Waals surface area contributed by atoms with Crippen molar-refractivity contribution in [2.24, 2.45) is 0 Å². The average molecular weight is 268 g/mol. The predicted molar refractivity (Wildman–Crippen MR) is 76.5 cm³/mol. The number of anilines is 1. The van der Waals surface area contributed by atoms with Crippen molar-refractivity contribution < 1.29 is 4.92 Å². The number of fused-ring (bicyclic) bond motifs is 1. The third-order valence-electron chi connectivity index (χ3n) is 2.98. The molecule has 0 saturated heterocycles. The fourth-order valence-corrected chi connectivity index (χ4v) is 1.98. The van der Waals surface area contributed by atoms with Gasteiger partial charge in [0.1, 0.15) is 5.82 Å². The summed E-state index contributed by atoms with van der Waals surface area (Å²) in [5.74, 6) is 0.824. The monoisotopic (exact) mass is 268 g/mol. The van der Waals surface area contributed by atoms with E-state index in [1.54, 1.807) is 12.1 Å². The van der Waals surface area contributed by atoms with Crippen molar-refractivity contribution in [1.29, 1.82) is 0 Å². The second kappa shape index (κ2) is 5.00. The summed E-state index contributed by atoms with van der Waals surface area (Å²) in [6.45, 7) is 0.534. The Balaban J connectivity index is 1.71. The summed E-state index contributed by atoms with van der Waals surface area (Å²) in [4.78, 5) is 17.8. The zero-order valence-corrected chi connectivity index (χ0v) is 10.5. The van der Waals surface area contributed by atoms with E-state index in [9.17, 15) is 10.1 Å². The number of aromatic nitrogens is 2. The first kappa shape index (κ1) is 12.2. The van der Waals surface area contributed by atoms with E-state index < -0.39 is 4.92 Å². The van der Waals surface area contributed by atoms with Gasteiger partial charge in [0, 0.05) is 17.8 Å². The van der Waals surface area contributed by atoms with Gasteiger partial charge in [-0.3, -0.25) is 10.1 Å². The Bertz CT molecular complexity index is 716. The summed E-state index contributed by atoms with van der Waals surface area (Å²) >= 11 is 0. The first-order chi connectivity index (χ1) is 9.72. The fraction of sp³-hybridized carbons (Fsp3) is 0.0714. The molecule has 3 aromatic rings. The highest BCUT2D eigenvalue weighted by molar-refractivity contribution is 5.74. The Kier molecular flexibility index (Phi) is 3.04. The average Bonchev–Trinajstić information content (AvgIpc) is 2.88. The number of nitro groups is 1. The molecule has 0 radical (unpaired) electrons. The summed E-state index contributed by atoms with van der Waals surface area (Å²) in [6.07, 6.45) is 0. The van der Waals surface area contributed by atoms with Crippen LogP contribution in [0.4, 0.5) is 11.4 Å². The zero-order valence-electron chi connectivity index (χ0n) is 10.5. The molecule has 0 bridgehead atoms. The number of hydrogen-bond acceptors (Lipinski definition) is 4. The Morgan fingerprint density at radius 1 is 1.15 bits per heavy atom. The van der Waals surface area contributed by atoms with Crippen LogP contribution in [0.5, 0.6) is 0 Å². The van der Waals surface area contributed by atoms with Crippen LogP contribution in [0, 0.1) is 10.1 Å². The maximum Gasteiger partial charge on any atom is 0.269 e. The van der Waals surface area contributed by atoms with Crippen molar-refractivity contribution in [2.75, 3.05) is 5.32 Å². The number of nitrogens with one attached hydrogen (secondary N) is 2. The molecule has 0 saturated carbocycles. The number of H-pyrrole nitrogens is 1. The molecule has 6 heteroatoms. The number of para-hydroxylation sites is 2. The summed E-state index contributed by atoms with van der Waals surface area (Å²) in [6, 6.07) is 14.1. The largest absolute Gasteiger partial charge is 0.378 e. The topological polar surface area (TPSA) is 83.8 Å². The number of aromatic amines is 1. The van der Waals surface area contributed by atoms with Crippen LogP contribution in [-0.4, -0.2) is 14.9 Å². The molecule has 0 aliphatic carbocycles. The molecule has 100 valence electrons. The van der Waals surface area contributed by atoms with Gasteiger partial charge < -0.3 is 10.3 Å². The Hall–Kier alpha value is -2.89. The van der Waals surface area contributed by atoms with Crippen LogP contribution < -0.4 is 5.32 Å². The van der Waals surface area contributed by atoms with E-state index in [4.69, 9.17) is 0 Å². The molecular formula is C14H12N4O2. The van der Waals surface area contributed by atoms with Crippen molar-refractivity contribution in [3.05, 3.63) is 64.5 Å². The maximum atomic E-state index is 10.6. The Morgan fingerprint density at radius 2 is 1.90 bits per heavy atom. The number of nitrogens with zero attached hydrogens (tertiary/aromatic N) is 2. The number of rotatable bonds is 4. The van der Waals surface area contributed by atoms with E-state index in [0.717, 1.165) is 22.5 Å². The number of hydrogen-bond donors (Lipinski definition) is 2. The first-order valence-corrected chi connectivity index (χ1v) is 6.14. The second-order valence-electron chi connectivity index (χ2n) is 4.36. The van der Waals surface area contributed by atoms with E-state index in [-0.39, 0.29) is 5.69 Å². The normalized spacial score (nSPS) is 10.6. The lowest BCUT2D eigenvalue weighted by atomic mass is 10.3. The van der Waals surface area contributed by atoms with Gasteiger partial charge in [-0.15, -0.1) is 0 Å². The Labute approximate surface area is 114 Å². The number of benzene rings is 2. The summed E-state index contributed by atoms with van der Waals surface area (Å²) in [5.41, 5.74) is 2.82. The van der Waals surface area contributed by atoms with Gasteiger partial charge in [-0.1, -0.05) is 12.1 Å². The molecule has 2 aromatic carbocycles. The van der Waals surface area contributed by atoms with Gasteiger partial charge >= 0.3 is 0 Å². The number of imidazole rings is 1. The van der Waals surface area contributed by atoms with Crippen molar-refractivity contribution >= 4 is 22.4 Å².